The molecular formula is C28H32F2N4OS. The van der Waals surface area contributed by atoms with E-state index in [1.807, 2.05) is 19.3 Å². The third-order valence-electron chi connectivity index (χ3n) is 5.15. The van der Waals surface area contributed by atoms with Crippen LogP contribution in [0.15, 0.2) is 66.5 Å². The number of likely N-dealkylation sites (tertiary alicyclic amines) is 1. The molecule has 5 nitrogen and oxygen atoms in total. The SMILES string of the molecule is C#C.C#SC.C=C/C=C(\C(=C/C)NC(=O)c1nc(-c2c(F)cccc2F)ccc1N)N1CCCCC1. The van der Waals surface area contributed by atoms with E-state index < -0.39 is 17.5 Å². The summed E-state index contributed by atoms with van der Waals surface area (Å²) in [5, 5.41) is 2.85. The Hall–Kier alpha value is -3.92. The maximum absolute atomic E-state index is 14.2. The monoisotopic (exact) mass is 510 g/mol. The Kier molecular flexibility index (Phi) is 13.3. The summed E-state index contributed by atoms with van der Waals surface area (Å²) in [6.45, 7) is 7.37. The maximum Gasteiger partial charge on any atom is 0.276 e. The summed E-state index contributed by atoms with van der Waals surface area (Å²) < 4.78 is 28.4. The molecule has 0 saturated carbocycles. The number of hydrogen-bond donors (Lipinski definition) is 2. The lowest BCUT2D eigenvalue weighted by atomic mass is 10.1. The zero-order valence-corrected chi connectivity index (χ0v) is 21.5. The van der Waals surface area contributed by atoms with Crippen LogP contribution in [0, 0.1) is 30.2 Å². The van der Waals surface area contributed by atoms with Crippen molar-refractivity contribution in [1.29, 1.82) is 0 Å². The molecule has 0 bridgehead atoms. The number of aromatic nitrogens is 1. The summed E-state index contributed by atoms with van der Waals surface area (Å²) >= 11 is 1.25. The average Bonchev–Trinajstić information content (AvgIpc) is 2.89. The van der Waals surface area contributed by atoms with E-state index >= 15 is 0 Å². The fourth-order valence-corrected chi connectivity index (χ4v) is 3.61. The molecule has 0 atom stereocenters. The van der Waals surface area contributed by atoms with E-state index in [1.54, 1.807) is 12.2 Å². The third-order valence-corrected chi connectivity index (χ3v) is 5.15. The van der Waals surface area contributed by atoms with Crippen LogP contribution in [-0.2, 0) is 0 Å². The van der Waals surface area contributed by atoms with Gasteiger partial charge in [0.2, 0.25) is 0 Å². The molecule has 1 saturated heterocycles. The van der Waals surface area contributed by atoms with Gasteiger partial charge in [-0.2, -0.15) is 0 Å². The van der Waals surface area contributed by atoms with Crippen LogP contribution in [0.4, 0.5) is 14.5 Å². The molecule has 1 aromatic heterocycles. The number of nitrogens with two attached hydrogens (primary N) is 1. The molecule has 1 aliphatic heterocycles. The number of amides is 1. The number of anilines is 1. The molecule has 36 heavy (non-hydrogen) atoms. The van der Waals surface area contributed by atoms with E-state index in [0.29, 0.717) is 5.70 Å². The van der Waals surface area contributed by atoms with Gasteiger partial charge in [-0.05, 0) is 56.5 Å². The van der Waals surface area contributed by atoms with E-state index in [1.165, 1.54) is 35.8 Å². The van der Waals surface area contributed by atoms with Crippen molar-refractivity contribution in [2.45, 2.75) is 26.2 Å². The van der Waals surface area contributed by atoms with Crippen molar-refractivity contribution < 1.29 is 13.6 Å². The molecule has 1 aliphatic rings. The normalized spacial score (nSPS) is 13.3. The number of pyridine rings is 1. The van der Waals surface area contributed by atoms with Crippen LogP contribution in [0.5, 0.6) is 0 Å². The molecule has 3 N–H and O–H groups in total. The van der Waals surface area contributed by atoms with Gasteiger partial charge in [-0.3, -0.25) is 4.79 Å². The van der Waals surface area contributed by atoms with E-state index in [9.17, 15) is 13.6 Å². The molecule has 0 radical (unpaired) electrons. The number of nitrogens with one attached hydrogen (secondary N) is 1. The fraction of sp³-hybridized carbons (Fsp3) is 0.250. The number of halogens is 2. The molecule has 2 aromatic rings. The lowest BCUT2D eigenvalue weighted by molar-refractivity contribution is 0.0960. The summed E-state index contributed by atoms with van der Waals surface area (Å²) in [4.78, 5) is 19.4. The number of carbonyl (C=O) groups is 1. The molecule has 1 aromatic carbocycles. The predicted molar refractivity (Wildman–Crippen MR) is 147 cm³/mol. The first-order chi connectivity index (χ1) is 17.4. The van der Waals surface area contributed by atoms with Crippen LogP contribution < -0.4 is 11.1 Å². The van der Waals surface area contributed by atoms with Gasteiger partial charge in [-0.15, -0.1) is 29.7 Å². The number of benzene rings is 1. The van der Waals surface area contributed by atoms with Gasteiger partial charge in [0, 0.05) is 19.3 Å². The number of terminal acetylenes is 1. The third kappa shape index (κ3) is 8.09. The second-order valence-electron chi connectivity index (χ2n) is 7.46. The number of allylic oxidation sites excluding steroid dienone is 3. The van der Waals surface area contributed by atoms with Gasteiger partial charge in [0.05, 0.1) is 28.3 Å². The summed E-state index contributed by atoms with van der Waals surface area (Å²) in [6.07, 6.45) is 18.5. The van der Waals surface area contributed by atoms with Gasteiger partial charge in [-0.25, -0.2) is 13.8 Å². The number of piperidine rings is 1. The smallest absolute Gasteiger partial charge is 0.276 e. The van der Waals surface area contributed by atoms with Gasteiger partial charge < -0.3 is 16.0 Å². The number of carbonyl (C=O) groups excluding carboxylic acids is 1. The highest BCUT2D eigenvalue weighted by molar-refractivity contribution is 7.87. The number of nitrogen functional groups attached to an aromatic ring is 1. The Morgan fingerprint density at radius 1 is 1.17 bits per heavy atom. The summed E-state index contributed by atoms with van der Waals surface area (Å²) in [5.41, 5.74) is 11.9. The Balaban J connectivity index is 0.00000120. The molecule has 8 heteroatoms. The van der Waals surface area contributed by atoms with Crippen molar-refractivity contribution in [3.8, 4) is 29.8 Å². The van der Waals surface area contributed by atoms with Crippen LogP contribution in [0.1, 0.15) is 36.7 Å². The molecule has 0 spiro atoms. The van der Waals surface area contributed by atoms with Crippen molar-refractivity contribution in [3.63, 3.8) is 0 Å². The van der Waals surface area contributed by atoms with Crippen molar-refractivity contribution in [1.82, 2.24) is 15.2 Å². The zero-order valence-electron chi connectivity index (χ0n) is 20.6. The minimum absolute atomic E-state index is 0.00475. The second-order valence-corrected chi connectivity index (χ2v) is 7.93. The molecule has 0 unspecified atom stereocenters. The van der Waals surface area contributed by atoms with Crippen LogP contribution in [0.2, 0.25) is 0 Å². The first kappa shape index (κ1) is 30.1. The largest absolute Gasteiger partial charge is 0.397 e. The molecule has 1 fully saturated rings. The molecule has 2 heterocycles. The molecule has 0 aliphatic carbocycles. The maximum atomic E-state index is 14.2. The summed E-state index contributed by atoms with van der Waals surface area (Å²) in [7, 11) is 0. The molecule has 3 rings (SSSR count). The first-order valence-electron chi connectivity index (χ1n) is 11.2. The van der Waals surface area contributed by atoms with Gasteiger partial charge in [0.1, 0.15) is 11.6 Å². The fourth-order valence-electron chi connectivity index (χ4n) is 3.61. The van der Waals surface area contributed by atoms with Crippen LogP contribution in [-0.4, -0.2) is 35.1 Å². The van der Waals surface area contributed by atoms with Crippen LogP contribution in [0.25, 0.3) is 11.3 Å². The number of nitrogens with zero attached hydrogens (tertiary/aromatic N) is 2. The van der Waals surface area contributed by atoms with Crippen molar-refractivity contribution in [3.05, 3.63) is 83.9 Å². The van der Waals surface area contributed by atoms with Crippen LogP contribution >= 0.6 is 11.2 Å². The van der Waals surface area contributed by atoms with E-state index in [0.717, 1.165) is 43.8 Å². The van der Waals surface area contributed by atoms with Gasteiger partial charge in [0.15, 0.2) is 5.69 Å². The molecule has 1 amide bonds. The standard InChI is InChI=1S/C24H26F2N4O.C2H4S.C2H2/c1-3-9-21(30-14-6-5-7-15-30)19(4-2)29-24(31)23-18(27)12-13-20(28-23)22-16(25)10-8-11-17(22)26;1-3-2;1-2/h3-4,8-13H,1,5-7,14-15,27H2,2H3,(H,29,31);1H,2H3;1-2H/b19-4+,21-9+;;. The van der Waals surface area contributed by atoms with Gasteiger partial charge >= 0.3 is 0 Å². The highest BCUT2D eigenvalue weighted by atomic mass is 32.1. The quantitative estimate of drug-likeness (QED) is 0.370. The average molecular weight is 511 g/mol. The predicted octanol–water partition coefficient (Wildman–Crippen LogP) is 5.99. The van der Waals surface area contributed by atoms with Crippen molar-refractivity contribution in [2.75, 3.05) is 25.1 Å². The Morgan fingerprint density at radius 2 is 1.75 bits per heavy atom. The highest BCUT2D eigenvalue weighted by Gasteiger charge is 2.21. The van der Waals surface area contributed by atoms with Crippen LogP contribution in [0.3, 0.4) is 0 Å². The van der Waals surface area contributed by atoms with E-state index in [-0.39, 0.29) is 22.6 Å². The second kappa shape index (κ2) is 15.9. The Morgan fingerprint density at radius 3 is 2.28 bits per heavy atom. The Labute approximate surface area is 216 Å². The molecular weight excluding hydrogens is 478 g/mol. The Bertz CT molecular complexity index is 1160. The topological polar surface area (TPSA) is 71.2 Å². The van der Waals surface area contributed by atoms with Crippen molar-refractivity contribution in [2.24, 2.45) is 0 Å². The van der Waals surface area contributed by atoms with Gasteiger partial charge in [-0.1, -0.05) is 24.8 Å². The summed E-state index contributed by atoms with van der Waals surface area (Å²) in [6, 6.07) is 6.36. The minimum Gasteiger partial charge on any atom is -0.397 e. The number of hydrogen-bond acceptors (Lipinski definition) is 4. The summed E-state index contributed by atoms with van der Waals surface area (Å²) in [5.74, 6) is -2.09. The van der Waals surface area contributed by atoms with Gasteiger partial charge in [0.25, 0.3) is 5.91 Å². The van der Waals surface area contributed by atoms with Crippen molar-refractivity contribution >= 4 is 22.8 Å². The lowest BCUT2D eigenvalue weighted by Crippen LogP contribution is -2.35. The van der Waals surface area contributed by atoms with E-state index in [2.05, 4.69) is 34.6 Å². The first-order valence-corrected chi connectivity index (χ1v) is 12.5. The minimum atomic E-state index is -0.765. The number of rotatable bonds is 6. The zero-order chi connectivity index (χ0) is 27.1. The lowest BCUT2D eigenvalue weighted by Gasteiger charge is -2.32. The highest BCUT2D eigenvalue weighted by Crippen LogP contribution is 2.26. The molecule has 190 valence electrons. The van der Waals surface area contributed by atoms with E-state index in [4.69, 9.17) is 11.4 Å².